The zero-order valence-corrected chi connectivity index (χ0v) is 21.3. The number of amides is 1. The van der Waals surface area contributed by atoms with E-state index in [1.165, 1.54) is 24.2 Å². The summed E-state index contributed by atoms with van der Waals surface area (Å²) in [6, 6.07) is 13.2. The first-order chi connectivity index (χ1) is 18.4. The van der Waals surface area contributed by atoms with Crippen LogP contribution >= 0.6 is 0 Å². The van der Waals surface area contributed by atoms with E-state index in [9.17, 15) is 14.4 Å². The monoisotopic (exact) mass is 520 g/mol. The Hall–Kier alpha value is -3.72. The number of carboxylic acids is 1. The van der Waals surface area contributed by atoms with E-state index in [4.69, 9.17) is 5.11 Å². The van der Waals surface area contributed by atoms with Crippen LogP contribution in [-0.2, 0) is 11.3 Å². The lowest BCUT2D eigenvalue weighted by molar-refractivity contribution is -0.135. The van der Waals surface area contributed by atoms with Crippen molar-refractivity contribution < 1.29 is 19.1 Å². The number of halogens is 1. The molecule has 1 saturated heterocycles. The molecule has 9 heteroatoms. The van der Waals surface area contributed by atoms with Crippen LogP contribution in [0.5, 0.6) is 0 Å². The van der Waals surface area contributed by atoms with Crippen LogP contribution in [0.4, 0.5) is 10.1 Å². The number of carbonyl (C=O) groups is 2. The molecule has 200 valence electrons. The number of anilines is 1. The third-order valence-corrected chi connectivity index (χ3v) is 7.62. The van der Waals surface area contributed by atoms with E-state index in [0.717, 1.165) is 45.2 Å². The minimum atomic E-state index is -1.21. The summed E-state index contributed by atoms with van der Waals surface area (Å²) in [7, 11) is 0. The number of aliphatic carboxylic acids is 1. The lowest BCUT2D eigenvalue weighted by atomic mass is 9.95. The number of nitrogens with one attached hydrogen (secondary N) is 2. The van der Waals surface area contributed by atoms with Crippen LogP contribution in [0.25, 0.3) is 10.9 Å². The summed E-state index contributed by atoms with van der Waals surface area (Å²) in [5, 5.41) is 14.7. The predicted octanol–water partition coefficient (Wildman–Crippen LogP) is 4.15. The SMILES string of the molecule is O=C(O)CNC(=O)c1cn(C2CCN(Cc3ccccc3)C2)c2cc(NC3CCCCC3)c(F)cc2c1=O. The minimum absolute atomic E-state index is 0.0409. The van der Waals surface area contributed by atoms with Gasteiger partial charge in [0.1, 0.15) is 17.9 Å². The fraction of sp³-hybridized carbons (Fsp3) is 0.414. The Morgan fingerprint density at radius 3 is 2.55 bits per heavy atom. The summed E-state index contributed by atoms with van der Waals surface area (Å²) in [4.78, 5) is 39.4. The van der Waals surface area contributed by atoms with Crippen molar-refractivity contribution >= 4 is 28.5 Å². The Morgan fingerprint density at radius 1 is 1.05 bits per heavy atom. The van der Waals surface area contributed by atoms with Crippen molar-refractivity contribution in [2.24, 2.45) is 0 Å². The molecule has 3 N–H and O–H groups in total. The van der Waals surface area contributed by atoms with Crippen molar-refractivity contribution in [1.29, 1.82) is 0 Å². The third-order valence-electron chi connectivity index (χ3n) is 7.62. The highest BCUT2D eigenvalue weighted by molar-refractivity contribution is 5.99. The highest BCUT2D eigenvalue weighted by atomic mass is 19.1. The summed E-state index contributed by atoms with van der Waals surface area (Å²) in [6.07, 6.45) is 7.65. The zero-order chi connectivity index (χ0) is 26.6. The minimum Gasteiger partial charge on any atom is -0.480 e. The molecule has 0 radical (unpaired) electrons. The molecule has 1 aliphatic heterocycles. The van der Waals surface area contributed by atoms with Crippen molar-refractivity contribution in [2.45, 2.75) is 57.2 Å². The van der Waals surface area contributed by atoms with E-state index in [1.54, 1.807) is 6.07 Å². The van der Waals surface area contributed by atoms with Gasteiger partial charge in [-0.05, 0) is 37.0 Å². The van der Waals surface area contributed by atoms with Gasteiger partial charge >= 0.3 is 5.97 Å². The molecule has 1 atom stereocenters. The summed E-state index contributed by atoms with van der Waals surface area (Å²) < 4.78 is 17.2. The summed E-state index contributed by atoms with van der Waals surface area (Å²) >= 11 is 0. The number of carbonyl (C=O) groups excluding carboxylic acids is 1. The van der Waals surface area contributed by atoms with Crippen LogP contribution in [-0.4, -0.2) is 52.1 Å². The molecule has 8 nitrogen and oxygen atoms in total. The first kappa shape index (κ1) is 25.9. The van der Waals surface area contributed by atoms with E-state index in [-0.39, 0.29) is 23.0 Å². The Labute approximate surface area is 220 Å². The molecule has 2 heterocycles. The maximum atomic E-state index is 15.3. The highest BCUT2D eigenvalue weighted by Gasteiger charge is 2.27. The molecule has 1 saturated carbocycles. The van der Waals surface area contributed by atoms with Crippen molar-refractivity contribution in [3.05, 3.63) is 75.8 Å². The maximum absolute atomic E-state index is 15.3. The van der Waals surface area contributed by atoms with Gasteiger partial charge in [-0.15, -0.1) is 0 Å². The normalized spacial score (nSPS) is 18.5. The van der Waals surface area contributed by atoms with Crippen LogP contribution in [0.2, 0.25) is 0 Å². The van der Waals surface area contributed by atoms with E-state index in [1.807, 2.05) is 22.8 Å². The number of carboxylic acid groups (broad SMARTS) is 1. The molecule has 1 unspecified atom stereocenters. The van der Waals surface area contributed by atoms with Gasteiger partial charge in [0.2, 0.25) is 5.43 Å². The lowest BCUT2D eigenvalue weighted by Gasteiger charge is -2.25. The Kier molecular flexibility index (Phi) is 7.74. The maximum Gasteiger partial charge on any atom is 0.322 e. The average molecular weight is 521 g/mol. The topological polar surface area (TPSA) is 104 Å². The molecule has 0 bridgehead atoms. The second-order valence-electron chi connectivity index (χ2n) is 10.3. The molecule has 2 aromatic carbocycles. The molecule has 5 rings (SSSR count). The average Bonchev–Trinajstić information content (AvgIpc) is 3.37. The zero-order valence-electron chi connectivity index (χ0n) is 21.3. The van der Waals surface area contributed by atoms with Crippen molar-refractivity contribution in [3.8, 4) is 0 Å². The lowest BCUT2D eigenvalue weighted by Crippen LogP contribution is -2.34. The first-order valence-corrected chi connectivity index (χ1v) is 13.3. The summed E-state index contributed by atoms with van der Waals surface area (Å²) in [6.45, 7) is 1.71. The number of pyridine rings is 1. The van der Waals surface area contributed by atoms with Gasteiger partial charge in [-0.2, -0.15) is 0 Å². The van der Waals surface area contributed by atoms with Gasteiger partial charge in [0, 0.05) is 43.3 Å². The molecule has 2 fully saturated rings. The van der Waals surface area contributed by atoms with Crippen molar-refractivity contribution in [3.63, 3.8) is 0 Å². The van der Waals surface area contributed by atoms with Crippen LogP contribution < -0.4 is 16.1 Å². The van der Waals surface area contributed by atoms with Crippen molar-refractivity contribution in [2.75, 3.05) is 25.0 Å². The molecule has 1 aliphatic carbocycles. The smallest absolute Gasteiger partial charge is 0.322 e. The Morgan fingerprint density at radius 2 is 1.82 bits per heavy atom. The number of hydrogen-bond acceptors (Lipinski definition) is 5. The fourth-order valence-corrected chi connectivity index (χ4v) is 5.69. The van der Waals surface area contributed by atoms with E-state index < -0.39 is 29.7 Å². The summed E-state index contributed by atoms with van der Waals surface area (Å²) in [5.41, 5.74) is 1.33. The quantitative estimate of drug-likeness (QED) is 0.412. The van der Waals surface area contributed by atoms with Crippen LogP contribution in [0.1, 0.15) is 60.5 Å². The number of fused-ring (bicyclic) bond motifs is 1. The van der Waals surface area contributed by atoms with Gasteiger partial charge in [0.25, 0.3) is 5.91 Å². The number of aromatic nitrogens is 1. The van der Waals surface area contributed by atoms with Gasteiger partial charge in [-0.3, -0.25) is 19.3 Å². The van der Waals surface area contributed by atoms with E-state index in [0.29, 0.717) is 17.7 Å². The number of nitrogens with zero attached hydrogens (tertiary/aromatic N) is 2. The Balaban J connectivity index is 1.52. The standard InChI is InChI=1S/C29H33FN4O4/c30-24-13-22-26(14-25(24)32-20-9-5-2-6-10-20)34(18-23(28(22)37)29(38)31-15-27(35)36)21-11-12-33(17-21)16-19-7-3-1-4-8-19/h1,3-4,7-8,13-14,18,20-21,32H,2,5-6,9-12,15-17H2,(H,31,38)(H,35,36). The first-order valence-electron chi connectivity index (χ1n) is 13.3. The molecule has 1 aromatic heterocycles. The molecule has 38 heavy (non-hydrogen) atoms. The molecule has 2 aliphatic rings. The van der Waals surface area contributed by atoms with Gasteiger partial charge in [0.15, 0.2) is 0 Å². The highest BCUT2D eigenvalue weighted by Crippen LogP contribution is 2.31. The van der Waals surface area contributed by atoms with Crippen molar-refractivity contribution in [1.82, 2.24) is 14.8 Å². The number of hydrogen-bond donors (Lipinski definition) is 3. The van der Waals surface area contributed by atoms with E-state index >= 15 is 4.39 Å². The van der Waals surface area contributed by atoms with Crippen LogP contribution in [0, 0.1) is 5.82 Å². The molecular formula is C29H33FN4O4. The van der Waals surface area contributed by atoms with Crippen LogP contribution in [0.3, 0.4) is 0 Å². The number of benzene rings is 2. The van der Waals surface area contributed by atoms with Gasteiger partial charge in [-0.25, -0.2) is 4.39 Å². The third kappa shape index (κ3) is 5.72. The fourth-order valence-electron chi connectivity index (χ4n) is 5.69. The van der Waals surface area contributed by atoms with Gasteiger partial charge in [0.05, 0.1) is 11.2 Å². The largest absolute Gasteiger partial charge is 0.480 e. The molecule has 3 aromatic rings. The summed E-state index contributed by atoms with van der Waals surface area (Å²) in [5.74, 6) is -2.53. The predicted molar refractivity (Wildman–Crippen MR) is 144 cm³/mol. The molecule has 1 amide bonds. The van der Waals surface area contributed by atoms with Gasteiger partial charge in [-0.1, -0.05) is 49.6 Å². The van der Waals surface area contributed by atoms with Gasteiger partial charge < -0.3 is 20.3 Å². The molecule has 0 spiro atoms. The second kappa shape index (κ2) is 11.3. The second-order valence-corrected chi connectivity index (χ2v) is 10.3. The Bertz CT molecular complexity index is 1380. The number of rotatable bonds is 8. The van der Waals surface area contributed by atoms with Crippen LogP contribution in [0.15, 0.2) is 53.5 Å². The molecular weight excluding hydrogens is 487 g/mol. The number of likely N-dealkylation sites (tertiary alicyclic amines) is 1. The van der Waals surface area contributed by atoms with E-state index in [2.05, 4.69) is 27.7 Å².